The van der Waals surface area contributed by atoms with Gasteiger partial charge in [0.05, 0.1) is 12.1 Å². The summed E-state index contributed by atoms with van der Waals surface area (Å²) in [6.07, 6.45) is 0.783. The number of rotatable bonds is 5. The highest BCUT2D eigenvalue weighted by Gasteiger charge is 2.13. The number of hydrogen-bond donors (Lipinski definition) is 2. The molecular formula is C21H15ClF2N4O. The molecule has 8 heteroatoms. The van der Waals surface area contributed by atoms with Crippen molar-refractivity contribution in [3.63, 3.8) is 0 Å². The number of hydrogen-bond acceptors (Lipinski definition) is 4. The molecule has 29 heavy (non-hydrogen) atoms. The Kier molecular flexibility index (Phi) is 5.22. The average Bonchev–Trinajstić information content (AvgIpc) is 2.71. The van der Waals surface area contributed by atoms with Crippen LogP contribution < -0.4 is 10.6 Å². The smallest absolute Gasteiger partial charge is 0.255 e. The highest BCUT2D eigenvalue weighted by Crippen LogP contribution is 2.31. The van der Waals surface area contributed by atoms with E-state index in [2.05, 4.69) is 20.6 Å². The summed E-state index contributed by atoms with van der Waals surface area (Å²) in [5.74, 6) is -0.00746. The number of fused-ring (bicyclic) bond motifs is 3. The number of halogens is 3. The maximum absolute atomic E-state index is 12.4. The molecule has 0 saturated carbocycles. The molecule has 0 saturated heterocycles. The lowest BCUT2D eigenvalue weighted by Crippen LogP contribution is -2.28. The predicted octanol–water partition coefficient (Wildman–Crippen LogP) is 5.17. The van der Waals surface area contributed by atoms with Crippen LogP contribution in [0.3, 0.4) is 0 Å². The van der Waals surface area contributed by atoms with Gasteiger partial charge < -0.3 is 10.6 Å². The number of pyridine rings is 2. The second kappa shape index (κ2) is 7.97. The number of aromatic nitrogens is 2. The van der Waals surface area contributed by atoms with Gasteiger partial charge in [0.2, 0.25) is 0 Å². The molecule has 0 aliphatic rings. The van der Waals surface area contributed by atoms with Crippen LogP contribution in [0.1, 0.15) is 10.4 Å². The molecule has 2 N–H and O–H groups in total. The lowest BCUT2D eigenvalue weighted by atomic mass is 10.1. The van der Waals surface area contributed by atoms with Crippen LogP contribution in [0.25, 0.3) is 21.7 Å². The number of anilines is 2. The molecule has 0 fully saturated rings. The quantitative estimate of drug-likeness (QED) is 0.443. The van der Waals surface area contributed by atoms with Gasteiger partial charge in [0.15, 0.2) is 0 Å². The Balaban J connectivity index is 1.80. The van der Waals surface area contributed by atoms with E-state index in [1.165, 1.54) is 0 Å². The summed E-state index contributed by atoms with van der Waals surface area (Å²) in [5, 5.41) is 8.53. The van der Waals surface area contributed by atoms with Crippen molar-refractivity contribution in [3.05, 3.63) is 71.5 Å². The van der Waals surface area contributed by atoms with E-state index < -0.39 is 18.9 Å². The Labute approximate surface area is 169 Å². The van der Waals surface area contributed by atoms with Gasteiger partial charge in [-0.2, -0.15) is 0 Å². The number of carbonyl (C=O) groups excluding carboxylic acids is 1. The van der Waals surface area contributed by atoms with Crippen LogP contribution in [0.4, 0.5) is 20.3 Å². The third-order valence-corrected chi connectivity index (χ3v) is 4.60. The Bertz CT molecular complexity index is 1220. The zero-order chi connectivity index (χ0) is 20.4. The zero-order valence-corrected chi connectivity index (χ0v) is 15.8. The molecule has 4 rings (SSSR count). The number of nitrogens with zero attached hydrogens (tertiary/aromatic N) is 2. The van der Waals surface area contributed by atoms with Crippen molar-refractivity contribution in [3.8, 4) is 0 Å². The number of amides is 1. The molecule has 0 unspecified atom stereocenters. The minimum atomic E-state index is -2.61. The van der Waals surface area contributed by atoms with Gasteiger partial charge in [-0.3, -0.25) is 9.78 Å². The molecule has 0 spiro atoms. The van der Waals surface area contributed by atoms with Crippen LogP contribution >= 0.6 is 11.6 Å². The van der Waals surface area contributed by atoms with Crippen molar-refractivity contribution < 1.29 is 13.6 Å². The average molecular weight is 413 g/mol. The van der Waals surface area contributed by atoms with E-state index in [0.29, 0.717) is 16.4 Å². The van der Waals surface area contributed by atoms with E-state index in [1.54, 1.807) is 42.7 Å². The predicted molar refractivity (Wildman–Crippen MR) is 110 cm³/mol. The van der Waals surface area contributed by atoms with Crippen molar-refractivity contribution in [1.29, 1.82) is 0 Å². The van der Waals surface area contributed by atoms with Crippen molar-refractivity contribution in [2.45, 2.75) is 6.43 Å². The molecule has 0 aliphatic carbocycles. The van der Waals surface area contributed by atoms with Crippen molar-refractivity contribution in [1.82, 2.24) is 15.3 Å². The second-order valence-electron chi connectivity index (χ2n) is 6.35. The zero-order valence-electron chi connectivity index (χ0n) is 15.0. The van der Waals surface area contributed by atoms with Crippen LogP contribution in [0, 0.1) is 0 Å². The molecule has 5 nitrogen and oxygen atoms in total. The molecular weight excluding hydrogens is 398 g/mol. The number of benzene rings is 2. The molecule has 2 aromatic heterocycles. The molecule has 146 valence electrons. The van der Waals surface area contributed by atoms with E-state index in [4.69, 9.17) is 11.6 Å². The standard InChI is InChI=1S/C21H15ClF2N4O/c22-13-2-1-3-14(9-13)27-20-16-6-7-25-10-17(16)15-5-4-12(8-18(15)28-20)21(29)26-11-19(23)24/h1-10,19H,11H2,(H,26,29)(H,27,28). The first-order chi connectivity index (χ1) is 14.0. The van der Waals surface area contributed by atoms with Crippen LogP contribution in [-0.4, -0.2) is 28.8 Å². The Morgan fingerprint density at radius 1 is 1.07 bits per heavy atom. The van der Waals surface area contributed by atoms with Gasteiger partial charge in [0.1, 0.15) is 5.82 Å². The van der Waals surface area contributed by atoms with E-state index in [9.17, 15) is 13.6 Å². The molecule has 1 amide bonds. The third kappa shape index (κ3) is 4.09. The lowest BCUT2D eigenvalue weighted by molar-refractivity contribution is 0.0892. The van der Waals surface area contributed by atoms with Gasteiger partial charge in [0, 0.05) is 44.8 Å². The van der Waals surface area contributed by atoms with Crippen molar-refractivity contribution in [2.75, 3.05) is 11.9 Å². The second-order valence-corrected chi connectivity index (χ2v) is 6.79. The SMILES string of the molecule is O=C(NCC(F)F)c1ccc2c(c1)nc(Nc1cccc(Cl)c1)c1ccncc12. The summed E-state index contributed by atoms with van der Waals surface area (Å²) >= 11 is 6.06. The normalized spacial score (nSPS) is 11.2. The fourth-order valence-electron chi connectivity index (χ4n) is 3.06. The van der Waals surface area contributed by atoms with Gasteiger partial charge in [0.25, 0.3) is 12.3 Å². The summed E-state index contributed by atoms with van der Waals surface area (Å²) < 4.78 is 24.8. The Morgan fingerprint density at radius 3 is 2.72 bits per heavy atom. The molecule has 4 aromatic rings. The Hall–Kier alpha value is -3.32. The largest absolute Gasteiger partial charge is 0.346 e. The summed E-state index contributed by atoms with van der Waals surface area (Å²) in [7, 11) is 0. The monoisotopic (exact) mass is 412 g/mol. The van der Waals surface area contributed by atoms with Gasteiger partial charge in [-0.1, -0.05) is 23.7 Å². The number of carbonyl (C=O) groups is 1. The van der Waals surface area contributed by atoms with Crippen LogP contribution in [0.15, 0.2) is 60.9 Å². The minimum absolute atomic E-state index is 0.252. The van der Waals surface area contributed by atoms with Crippen LogP contribution in [0.2, 0.25) is 5.02 Å². The van der Waals surface area contributed by atoms with E-state index in [1.807, 2.05) is 18.2 Å². The van der Waals surface area contributed by atoms with Crippen LogP contribution in [-0.2, 0) is 0 Å². The van der Waals surface area contributed by atoms with Gasteiger partial charge >= 0.3 is 0 Å². The van der Waals surface area contributed by atoms with E-state index in [-0.39, 0.29) is 5.56 Å². The number of nitrogens with one attached hydrogen (secondary N) is 2. The van der Waals surface area contributed by atoms with Gasteiger partial charge in [-0.05, 0) is 36.4 Å². The summed E-state index contributed by atoms with van der Waals surface area (Å²) in [4.78, 5) is 21.0. The van der Waals surface area contributed by atoms with Gasteiger partial charge in [-0.15, -0.1) is 0 Å². The third-order valence-electron chi connectivity index (χ3n) is 4.36. The van der Waals surface area contributed by atoms with Crippen molar-refractivity contribution >= 4 is 50.7 Å². The summed E-state index contributed by atoms with van der Waals surface area (Å²) in [5.41, 5.74) is 1.55. The molecule has 0 bridgehead atoms. The van der Waals surface area contributed by atoms with Crippen LogP contribution in [0.5, 0.6) is 0 Å². The summed E-state index contributed by atoms with van der Waals surface area (Å²) in [6, 6.07) is 14.0. The summed E-state index contributed by atoms with van der Waals surface area (Å²) in [6.45, 7) is -0.701. The first kappa shape index (κ1) is 19.0. The van der Waals surface area contributed by atoms with E-state index >= 15 is 0 Å². The van der Waals surface area contributed by atoms with Gasteiger partial charge in [-0.25, -0.2) is 13.8 Å². The topological polar surface area (TPSA) is 66.9 Å². The first-order valence-electron chi connectivity index (χ1n) is 8.78. The fraction of sp³-hybridized carbons (Fsp3) is 0.0952. The first-order valence-corrected chi connectivity index (χ1v) is 9.15. The fourth-order valence-corrected chi connectivity index (χ4v) is 3.25. The molecule has 2 heterocycles. The lowest BCUT2D eigenvalue weighted by Gasteiger charge is -2.12. The highest BCUT2D eigenvalue weighted by molar-refractivity contribution is 6.30. The molecule has 0 aliphatic heterocycles. The molecule has 2 aromatic carbocycles. The van der Waals surface area contributed by atoms with Crippen molar-refractivity contribution in [2.24, 2.45) is 0 Å². The number of alkyl halides is 2. The maximum atomic E-state index is 12.4. The minimum Gasteiger partial charge on any atom is -0.346 e. The maximum Gasteiger partial charge on any atom is 0.255 e. The van der Waals surface area contributed by atoms with E-state index in [0.717, 1.165) is 21.8 Å². The Morgan fingerprint density at radius 2 is 1.93 bits per heavy atom. The molecule has 0 radical (unpaired) electrons. The molecule has 0 atom stereocenters. The highest BCUT2D eigenvalue weighted by atomic mass is 35.5.